The number of carbonyl (C=O) groups is 1. The Morgan fingerprint density at radius 1 is 0.875 bits per heavy atom. The van der Waals surface area contributed by atoms with Gasteiger partial charge < -0.3 is 19.1 Å². The molecule has 1 aliphatic heterocycles. The number of carbonyl (C=O) groups excluding carboxylic acids is 1. The van der Waals surface area contributed by atoms with Crippen LogP contribution in [0.1, 0.15) is 5.56 Å². The minimum absolute atomic E-state index is 0.0713. The van der Waals surface area contributed by atoms with E-state index in [1.54, 1.807) is 62.7 Å². The van der Waals surface area contributed by atoms with Gasteiger partial charge in [0.2, 0.25) is 5.91 Å². The van der Waals surface area contributed by atoms with Crippen LogP contribution in [-0.4, -0.2) is 35.6 Å². The molecule has 0 aliphatic carbocycles. The summed E-state index contributed by atoms with van der Waals surface area (Å²) < 4.78 is 44.9. The summed E-state index contributed by atoms with van der Waals surface area (Å²) in [5.74, 6) is 1.95. The molecule has 0 atom stereocenters. The molecule has 9 heteroatoms. The van der Waals surface area contributed by atoms with Crippen LogP contribution in [0.15, 0.2) is 65.6 Å². The molecule has 32 heavy (non-hydrogen) atoms. The molecule has 3 aromatic carbocycles. The smallest absolute Gasteiger partial charge is 0.261 e. The zero-order valence-corrected chi connectivity index (χ0v) is 18.6. The number of nitrogens with zero attached hydrogens (tertiary/aromatic N) is 1. The van der Waals surface area contributed by atoms with E-state index in [-0.39, 0.29) is 17.2 Å². The molecule has 1 aliphatic rings. The second-order valence-electron chi connectivity index (χ2n) is 7.17. The van der Waals surface area contributed by atoms with E-state index in [2.05, 4.69) is 4.72 Å². The van der Waals surface area contributed by atoms with Gasteiger partial charge in [-0.15, -0.1) is 0 Å². The molecule has 0 unspecified atom stereocenters. The molecule has 4 rings (SSSR count). The Morgan fingerprint density at radius 2 is 1.59 bits per heavy atom. The van der Waals surface area contributed by atoms with Gasteiger partial charge in [-0.3, -0.25) is 9.52 Å². The standard InChI is InChI=1S/C23H22N2O6S/c1-25-20-10-9-19(12-15(20)13-23(25)26)32(27,28)24-16-4-11-21(30-3)22(14-16)31-18-7-5-17(29-2)6-8-18/h4-12,14,24H,13H2,1-3H3. The maximum atomic E-state index is 13.0. The number of rotatable bonds is 7. The van der Waals surface area contributed by atoms with Gasteiger partial charge in [-0.25, -0.2) is 8.42 Å². The number of ether oxygens (including phenoxy) is 3. The average Bonchev–Trinajstić information content (AvgIpc) is 3.07. The maximum absolute atomic E-state index is 13.0. The molecular formula is C23H22N2O6S. The van der Waals surface area contributed by atoms with Gasteiger partial charge in [-0.1, -0.05) is 0 Å². The lowest BCUT2D eigenvalue weighted by Crippen LogP contribution is -2.20. The number of methoxy groups -OCH3 is 2. The first-order chi connectivity index (χ1) is 15.3. The fraction of sp³-hybridized carbons (Fsp3) is 0.174. The minimum Gasteiger partial charge on any atom is -0.497 e. The predicted molar refractivity (Wildman–Crippen MR) is 120 cm³/mol. The van der Waals surface area contributed by atoms with Crippen molar-refractivity contribution in [2.24, 2.45) is 0 Å². The van der Waals surface area contributed by atoms with Gasteiger partial charge in [0.1, 0.15) is 11.5 Å². The number of hydrogen-bond donors (Lipinski definition) is 1. The highest BCUT2D eigenvalue weighted by atomic mass is 32.2. The van der Waals surface area contributed by atoms with Crippen molar-refractivity contribution in [3.05, 3.63) is 66.2 Å². The Hall–Kier alpha value is -3.72. The van der Waals surface area contributed by atoms with Crippen LogP contribution in [0.4, 0.5) is 11.4 Å². The molecule has 0 saturated carbocycles. The van der Waals surface area contributed by atoms with Crippen molar-refractivity contribution in [3.8, 4) is 23.0 Å². The van der Waals surface area contributed by atoms with Crippen molar-refractivity contribution in [3.63, 3.8) is 0 Å². The lowest BCUT2D eigenvalue weighted by molar-refractivity contribution is -0.117. The van der Waals surface area contributed by atoms with Gasteiger partial charge >= 0.3 is 0 Å². The summed E-state index contributed by atoms with van der Waals surface area (Å²) in [4.78, 5) is 13.5. The summed E-state index contributed by atoms with van der Waals surface area (Å²) in [6.45, 7) is 0. The first-order valence-electron chi connectivity index (χ1n) is 9.73. The van der Waals surface area contributed by atoms with E-state index in [1.807, 2.05) is 0 Å². The molecule has 0 saturated heterocycles. The largest absolute Gasteiger partial charge is 0.497 e. The predicted octanol–water partition coefficient (Wildman–Crippen LogP) is 3.82. The normalized spacial score (nSPS) is 13.0. The van der Waals surface area contributed by atoms with Gasteiger partial charge in [-0.2, -0.15) is 0 Å². The Bertz CT molecular complexity index is 1270. The third-order valence-corrected chi connectivity index (χ3v) is 6.52. The van der Waals surface area contributed by atoms with Crippen LogP contribution in [0.3, 0.4) is 0 Å². The van der Waals surface area contributed by atoms with Gasteiger partial charge in [-0.05, 0) is 60.2 Å². The highest BCUT2D eigenvalue weighted by molar-refractivity contribution is 7.92. The highest BCUT2D eigenvalue weighted by Gasteiger charge is 2.26. The average molecular weight is 455 g/mol. The summed E-state index contributed by atoms with van der Waals surface area (Å²) >= 11 is 0. The van der Waals surface area contributed by atoms with Crippen LogP contribution in [-0.2, 0) is 21.2 Å². The summed E-state index contributed by atoms with van der Waals surface area (Å²) in [7, 11) is 0.866. The van der Waals surface area contributed by atoms with E-state index in [4.69, 9.17) is 14.2 Å². The molecule has 0 fully saturated rings. The number of benzene rings is 3. The molecule has 0 aromatic heterocycles. The first-order valence-corrected chi connectivity index (χ1v) is 11.2. The lowest BCUT2D eigenvalue weighted by Gasteiger charge is -2.14. The van der Waals surface area contributed by atoms with E-state index in [1.165, 1.54) is 24.1 Å². The van der Waals surface area contributed by atoms with Crippen molar-refractivity contribution < 1.29 is 27.4 Å². The summed E-state index contributed by atoms with van der Waals surface area (Å²) in [5.41, 5.74) is 1.70. The fourth-order valence-electron chi connectivity index (χ4n) is 3.42. The van der Waals surface area contributed by atoms with Crippen LogP contribution < -0.4 is 23.8 Å². The van der Waals surface area contributed by atoms with Crippen molar-refractivity contribution in [1.29, 1.82) is 0 Å². The van der Waals surface area contributed by atoms with Crippen LogP contribution in [0.2, 0.25) is 0 Å². The third kappa shape index (κ3) is 4.19. The molecule has 166 valence electrons. The Morgan fingerprint density at radius 3 is 2.28 bits per heavy atom. The Kier molecular flexibility index (Phi) is 5.67. The van der Waals surface area contributed by atoms with E-state index in [0.29, 0.717) is 39.9 Å². The van der Waals surface area contributed by atoms with E-state index in [0.717, 1.165) is 0 Å². The van der Waals surface area contributed by atoms with Crippen LogP contribution in [0.25, 0.3) is 0 Å². The van der Waals surface area contributed by atoms with Crippen molar-refractivity contribution >= 4 is 27.3 Å². The van der Waals surface area contributed by atoms with Crippen molar-refractivity contribution in [2.45, 2.75) is 11.3 Å². The third-order valence-electron chi connectivity index (χ3n) is 5.14. The molecule has 8 nitrogen and oxygen atoms in total. The first kappa shape index (κ1) is 21.5. The van der Waals surface area contributed by atoms with E-state index >= 15 is 0 Å². The number of anilines is 2. The second kappa shape index (κ2) is 8.43. The molecule has 1 N–H and O–H groups in total. The SMILES string of the molecule is COc1ccc(Oc2cc(NS(=O)(=O)c3ccc4c(c3)CC(=O)N4C)ccc2OC)cc1. The van der Waals surface area contributed by atoms with Gasteiger partial charge in [0.15, 0.2) is 11.5 Å². The molecule has 0 radical (unpaired) electrons. The van der Waals surface area contributed by atoms with Gasteiger partial charge in [0.05, 0.1) is 31.2 Å². The Labute approximate surface area is 186 Å². The van der Waals surface area contributed by atoms with E-state index < -0.39 is 10.0 Å². The monoisotopic (exact) mass is 454 g/mol. The minimum atomic E-state index is -3.88. The number of amides is 1. The number of nitrogens with one attached hydrogen (secondary N) is 1. The van der Waals surface area contributed by atoms with Crippen LogP contribution in [0, 0.1) is 0 Å². The van der Waals surface area contributed by atoms with Crippen molar-refractivity contribution in [1.82, 2.24) is 0 Å². The highest BCUT2D eigenvalue weighted by Crippen LogP contribution is 2.36. The second-order valence-corrected chi connectivity index (χ2v) is 8.85. The molecule has 0 spiro atoms. The number of hydrogen-bond acceptors (Lipinski definition) is 6. The van der Waals surface area contributed by atoms with Gasteiger partial charge in [0.25, 0.3) is 10.0 Å². The molecule has 3 aromatic rings. The van der Waals surface area contributed by atoms with Crippen LogP contribution >= 0.6 is 0 Å². The van der Waals surface area contributed by atoms with E-state index in [9.17, 15) is 13.2 Å². The van der Waals surface area contributed by atoms with Crippen molar-refractivity contribution in [2.75, 3.05) is 30.9 Å². The summed E-state index contributed by atoms with van der Waals surface area (Å²) in [6, 6.07) is 16.4. The number of fused-ring (bicyclic) bond motifs is 1. The molecule has 0 bridgehead atoms. The maximum Gasteiger partial charge on any atom is 0.261 e. The number of likely N-dealkylation sites (N-methyl/N-ethyl adjacent to an activating group) is 1. The molecule has 1 amide bonds. The Balaban J connectivity index is 1.59. The van der Waals surface area contributed by atoms with Gasteiger partial charge in [0, 0.05) is 18.8 Å². The lowest BCUT2D eigenvalue weighted by atomic mass is 10.2. The topological polar surface area (TPSA) is 94.2 Å². The summed E-state index contributed by atoms with van der Waals surface area (Å²) in [6.07, 6.45) is 0.178. The zero-order chi connectivity index (χ0) is 22.9. The number of sulfonamides is 1. The quantitative estimate of drug-likeness (QED) is 0.583. The van der Waals surface area contributed by atoms with Crippen LogP contribution in [0.5, 0.6) is 23.0 Å². The summed E-state index contributed by atoms with van der Waals surface area (Å²) in [5, 5.41) is 0. The fourth-order valence-corrected chi connectivity index (χ4v) is 4.52. The molecule has 1 heterocycles. The molecular weight excluding hydrogens is 432 g/mol. The zero-order valence-electron chi connectivity index (χ0n) is 17.8.